The van der Waals surface area contributed by atoms with Crippen molar-refractivity contribution in [3.8, 4) is 0 Å². The largest absolute Gasteiger partial charge is 0.357 e. The van der Waals surface area contributed by atoms with E-state index in [1.807, 2.05) is 6.92 Å². The lowest BCUT2D eigenvalue weighted by atomic mass is 10.1. The van der Waals surface area contributed by atoms with E-state index in [1.54, 1.807) is 18.2 Å². The Hall–Kier alpha value is -2.96. The molecule has 26 heavy (non-hydrogen) atoms. The molecular formula is C19H22F2N4O. The number of hydrogen-bond donors (Lipinski definition) is 3. The summed E-state index contributed by atoms with van der Waals surface area (Å²) in [5, 5.41) is 8.75. The van der Waals surface area contributed by atoms with Gasteiger partial charge in [-0.2, -0.15) is 0 Å². The van der Waals surface area contributed by atoms with Crippen LogP contribution in [0.2, 0.25) is 0 Å². The van der Waals surface area contributed by atoms with Crippen LogP contribution in [0.3, 0.4) is 0 Å². The average Bonchev–Trinajstić information content (AvgIpc) is 2.61. The number of rotatable bonds is 7. The number of guanidine groups is 1. The van der Waals surface area contributed by atoms with Crippen LogP contribution >= 0.6 is 0 Å². The summed E-state index contributed by atoms with van der Waals surface area (Å²) >= 11 is 0. The van der Waals surface area contributed by atoms with Crippen molar-refractivity contribution in [1.29, 1.82) is 0 Å². The van der Waals surface area contributed by atoms with Crippen molar-refractivity contribution in [3.63, 3.8) is 0 Å². The fourth-order valence-electron chi connectivity index (χ4n) is 2.24. The Balaban J connectivity index is 1.83. The number of carbonyl (C=O) groups excluding carboxylic acids is 1. The molecule has 0 bridgehead atoms. The number of nitrogens with zero attached hydrogens (tertiary/aromatic N) is 1. The molecular weight excluding hydrogens is 338 g/mol. The van der Waals surface area contributed by atoms with Gasteiger partial charge in [-0.15, -0.1) is 0 Å². The van der Waals surface area contributed by atoms with Gasteiger partial charge >= 0.3 is 0 Å². The van der Waals surface area contributed by atoms with Gasteiger partial charge < -0.3 is 16.0 Å². The molecule has 2 aromatic carbocycles. The zero-order chi connectivity index (χ0) is 18.8. The maximum Gasteiger partial charge on any atom is 0.246 e. The molecule has 0 heterocycles. The fourth-order valence-corrected chi connectivity index (χ4v) is 2.24. The number of hydrogen-bond acceptors (Lipinski definition) is 2. The van der Waals surface area contributed by atoms with Crippen LogP contribution in [0.25, 0.3) is 0 Å². The molecule has 0 spiro atoms. The number of amides is 1. The summed E-state index contributed by atoms with van der Waals surface area (Å²) in [4.78, 5) is 16.1. The number of nitrogens with one attached hydrogen (secondary N) is 3. The maximum atomic E-state index is 13.1. The second kappa shape index (κ2) is 10.1. The summed E-state index contributed by atoms with van der Waals surface area (Å²) in [6, 6.07) is 12.0. The predicted octanol–water partition coefficient (Wildman–Crippen LogP) is 2.70. The van der Waals surface area contributed by atoms with Crippen LogP contribution in [0, 0.1) is 11.6 Å². The van der Waals surface area contributed by atoms with Crippen molar-refractivity contribution in [3.05, 3.63) is 65.7 Å². The van der Waals surface area contributed by atoms with Gasteiger partial charge in [-0.25, -0.2) is 13.8 Å². The highest BCUT2D eigenvalue weighted by atomic mass is 19.1. The van der Waals surface area contributed by atoms with Gasteiger partial charge in [-0.05, 0) is 49.2 Å². The summed E-state index contributed by atoms with van der Waals surface area (Å²) in [5.41, 5.74) is 1.39. The first-order chi connectivity index (χ1) is 12.6. The van der Waals surface area contributed by atoms with Crippen LogP contribution in [-0.2, 0) is 11.2 Å². The third-order valence-corrected chi connectivity index (χ3v) is 3.45. The SMILES string of the molecule is CCNC(=NCC(=O)Nc1cccc(F)c1)NCCc1ccc(F)cc1. The first-order valence-electron chi connectivity index (χ1n) is 8.39. The van der Waals surface area contributed by atoms with Crippen LogP contribution in [0.5, 0.6) is 0 Å². The minimum absolute atomic E-state index is 0.0948. The second-order valence-corrected chi connectivity index (χ2v) is 5.56. The highest BCUT2D eigenvalue weighted by Crippen LogP contribution is 2.08. The molecule has 0 aliphatic carbocycles. The molecule has 2 rings (SSSR count). The number of benzene rings is 2. The van der Waals surface area contributed by atoms with E-state index in [1.165, 1.54) is 30.3 Å². The molecule has 0 aliphatic rings. The Morgan fingerprint density at radius 3 is 2.50 bits per heavy atom. The topological polar surface area (TPSA) is 65.5 Å². The number of anilines is 1. The van der Waals surface area contributed by atoms with E-state index in [2.05, 4.69) is 20.9 Å². The van der Waals surface area contributed by atoms with Crippen LogP contribution in [0.15, 0.2) is 53.5 Å². The lowest BCUT2D eigenvalue weighted by molar-refractivity contribution is -0.114. The Kier molecular flexibility index (Phi) is 7.54. The van der Waals surface area contributed by atoms with Crippen molar-refractivity contribution in [2.24, 2.45) is 4.99 Å². The fraction of sp³-hybridized carbons (Fsp3) is 0.263. The number of aliphatic imine (C=N–C) groups is 1. The van der Waals surface area contributed by atoms with E-state index < -0.39 is 5.82 Å². The zero-order valence-corrected chi connectivity index (χ0v) is 14.6. The van der Waals surface area contributed by atoms with Crippen molar-refractivity contribution in [1.82, 2.24) is 10.6 Å². The molecule has 0 aromatic heterocycles. The first-order valence-corrected chi connectivity index (χ1v) is 8.39. The van der Waals surface area contributed by atoms with Gasteiger partial charge in [-0.3, -0.25) is 4.79 Å². The number of halogens is 2. The summed E-state index contributed by atoms with van der Waals surface area (Å²) in [5.74, 6) is -0.515. The van der Waals surface area contributed by atoms with E-state index in [0.29, 0.717) is 31.2 Å². The van der Waals surface area contributed by atoms with Crippen LogP contribution < -0.4 is 16.0 Å². The predicted molar refractivity (Wildman–Crippen MR) is 99.1 cm³/mol. The monoisotopic (exact) mass is 360 g/mol. The lowest BCUT2D eigenvalue weighted by Gasteiger charge is -2.11. The molecule has 0 atom stereocenters. The smallest absolute Gasteiger partial charge is 0.246 e. The Morgan fingerprint density at radius 2 is 1.81 bits per heavy atom. The molecule has 0 aliphatic heterocycles. The standard InChI is InChI=1S/C19H22F2N4O/c1-2-22-19(23-11-10-14-6-8-15(20)9-7-14)24-13-18(26)25-17-5-3-4-16(21)12-17/h3-9,12H,2,10-11,13H2,1H3,(H,25,26)(H2,22,23,24). The van der Waals surface area contributed by atoms with E-state index in [9.17, 15) is 13.6 Å². The molecule has 7 heteroatoms. The third-order valence-electron chi connectivity index (χ3n) is 3.45. The molecule has 2 aromatic rings. The van der Waals surface area contributed by atoms with E-state index >= 15 is 0 Å². The minimum atomic E-state index is -0.415. The average molecular weight is 360 g/mol. The van der Waals surface area contributed by atoms with Gasteiger partial charge in [0.15, 0.2) is 5.96 Å². The van der Waals surface area contributed by atoms with Gasteiger partial charge in [0.2, 0.25) is 5.91 Å². The van der Waals surface area contributed by atoms with Crippen LogP contribution in [0.1, 0.15) is 12.5 Å². The molecule has 3 N–H and O–H groups in total. The highest BCUT2D eigenvalue weighted by molar-refractivity contribution is 5.94. The van der Waals surface area contributed by atoms with Gasteiger partial charge in [0.05, 0.1) is 0 Å². The van der Waals surface area contributed by atoms with Gasteiger partial charge in [0, 0.05) is 18.8 Å². The van der Waals surface area contributed by atoms with Crippen molar-refractivity contribution in [2.75, 3.05) is 25.0 Å². The summed E-state index contributed by atoms with van der Waals surface area (Å²) in [7, 11) is 0. The molecule has 0 radical (unpaired) electrons. The van der Waals surface area contributed by atoms with E-state index in [-0.39, 0.29) is 18.3 Å². The molecule has 1 amide bonds. The van der Waals surface area contributed by atoms with Crippen LogP contribution in [0.4, 0.5) is 14.5 Å². The van der Waals surface area contributed by atoms with Crippen molar-refractivity contribution < 1.29 is 13.6 Å². The normalized spacial score (nSPS) is 11.1. The second-order valence-electron chi connectivity index (χ2n) is 5.56. The Labute approximate surface area is 151 Å². The van der Waals surface area contributed by atoms with Gasteiger partial charge in [0.1, 0.15) is 18.2 Å². The Bertz CT molecular complexity index is 747. The summed E-state index contributed by atoms with van der Waals surface area (Å²) < 4.78 is 26.0. The van der Waals surface area contributed by atoms with Crippen molar-refractivity contribution >= 4 is 17.6 Å². The molecule has 0 saturated heterocycles. The highest BCUT2D eigenvalue weighted by Gasteiger charge is 2.04. The summed E-state index contributed by atoms with van der Waals surface area (Å²) in [6.07, 6.45) is 0.695. The molecule has 5 nitrogen and oxygen atoms in total. The molecule has 0 unspecified atom stereocenters. The third kappa shape index (κ3) is 6.88. The van der Waals surface area contributed by atoms with Gasteiger partial charge in [0.25, 0.3) is 0 Å². The molecule has 0 fully saturated rings. The maximum absolute atomic E-state index is 13.1. The van der Waals surface area contributed by atoms with Gasteiger partial charge in [-0.1, -0.05) is 18.2 Å². The minimum Gasteiger partial charge on any atom is -0.357 e. The molecule has 138 valence electrons. The van der Waals surface area contributed by atoms with Crippen LogP contribution in [-0.4, -0.2) is 31.5 Å². The van der Waals surface area contributed by atoms with E-state index in [4.69, 9.17) is 0 Å². The van der Waals surface area contributed by atoms with E-state index in [0.717, 1.165) is 5.56 Å². The zero-order valence-electron chi connectivity index (χ0n) is 14.6. The summed E-state index contributed by atoms with van der Waals surface area (Å²) in [6.45, 7) is 3.06. The first kappa shape index (κ1) is 19.4. The molecule has 0 saturated carbocycles. The quantitative estimate of drug-likeness (QED) is 0.525. The Morgan fingerprint density at radius 1 is 1.04 bits per heavy atom. The number of carbonyl (C=O) groups is 1. The van der Waals surface area contributed by atoms with Crippen molar-refractivity contribution in [2.45, 2.75) is 13.3 Å². The lowest BCUT2D eigenvalue weighted by Crippen LogP contribution is -2.39.